The summed E-state index contributed by atoms with van der Waals surface area (Å²) < 4.78 is 0. The summed E-state index contributed by atoms with van der Waals surface area (Å²) in [6.45, 7) is 3.52. The van der Waals surface area contributed by atoms with Gasteiger partial charge in [-0.1, -0.05) is 6.08 Å². The maximum Gasteiger partial charge on any atom is 0.411 e. The highest BCUT2D eigenvalue weighted by Crippen LogP contribution is 2.15. The van der Waals surface area contributed by atoms with Crippen molar-refractivity contribution in [2.24, 2.45) is 0 Å². The van der Waals surface area contributed by atoms with E-state index in [9.17, 15) is 9.59 Å². The third-order valence-electron chi connectivity index (χ3n) is 1.91. The Balaban J connectivity index is 2.78. The maximum absolute atomic E-state index is 11.0. The van der Waals surface area contributed by atoms with E-state index in [0.717, 1.165) is 4.90 Å². The molecule has 0 aromatic rings. The molecule has 0 saturated heterocycles. The number of hydrogen-bond donors (Lipinski definition) is 1. The Morgan fingerprint density at radius 3 is 3.08 bits per heavy atom. The van der Waals surface area contributed by atoms with Gasteiger partial charge in [0.05, 0.1) is 6.04 Å². The van der Waals surface area contributed by atoms with Crippen LogP contribution in [0, 0.1) is 0 Å². The maximum atomic E-state index is 11.0. The van der Waals surface area contributed by atoms with Gasteiger partial charge in [-0.15, -0.1) is 6.58 Å². The van der Waals surface area contributed by atoms with Crippen molar-refractivity contribution >= 4 is 11.9 Å². The summed E-state index contributed by atoms with van der Waals surface area (Å²) in [5.74, 6) is -0.0376. The van der Waals surface area contributed by atoms with E-state index in [1.807, 2.05) is 0 Å². The molecule has 0 bridgehead atoms. The standard InChI is InChI=1S/C9H11NO3/c1-2-3-7-6-8(11)4-5-10(7)9(12)13/h2,4-5,7H,1,3,6H2,(H,12,13). The zero-order chi connectivity index (χ0) is 9.84. The lowest BCUT2D eigenvalue weighted by Crippen LogP contribution is -2.38. The van der Waals surface area contributed by atoms with E-state index in [0.29, 0.717) is 6.42 Å². The van der Waals surface area contributed by atoms with Crippen LogP contribution in [0.4, 0.5) is 4.79 Å². The minimum absolute atomic E-state index is 0.0376. The van der Waals surface area contributed by atoms with Gasteiger partial charge in [0.25, 0.3) is 0 Å². The Kier molecular flexibility index (Phi) is 2.84. The van der Waals surface area contributed by atoms with Crippen LogP contribution in [-0.4, -0.2) is 27.9 Å². The quantitative estimate of drug-likeness (QED) is 0.655. The second-order valence-electron chi connectivity index (χ2n) is 2.85. The molecule has 70 valence electrons. The Bertz CT molecular complexity index is 270. The van der Waals surface area contributed by atoms with Crippen molar-refractivity contribution in [3.05, 3.63) is 24.9 Å². The predicted molar refractivity (Wildman–Crippen MR) is 47.2 cm³/mol. The number of ketones is 1. The fraction of sp³-hybridized carbons (Fsp3) is 0.333. The van der Waals surface area contributed by atoms with E-state index in [2.05, 4.69) is 6.58 Å². The molecule has 1 rings (SSSR count). The van der Waals surface area contributed by atoms with Gasteiger partial charge in [0.2, 0.25) is 0 Å². The fourth-order valence-electron chi connectivity index (χ4n) is 1.29. The summed E-state index contributed by atoms with van der Waals surface area (Å²) >= 11 is 0. The van der Waals surface area contributed by atoms with Crippen molar-refractivity contribution in [3.8, 4) is 0 Å². The third kappa shape index (κ3) is 2.18. The normalized spacial score (nSPS) is 21.7. The second kappa shape index (κ2) is 3.89. The molecular weight excluding hydrogens is 170 g/mol. The van der Waals surface area contributed by atoms with Crippen LogP contribution in [0.25, 0.3) is 0 Å². The molecule has 0 radical (unpaired) electrons. The topological polar surface area (TPSA) is 57.6 Å². The van der Waals surface area contributed by atoms with Crippen LogP contribution in [0.3, 0.4) is 0 Å². The lowest BCUT2D eigenvalue weighted by Gasteiger charge is -2.27. The Morgan fingerprint density at radius 1 is 1.85 bits per heavy atom. The van der Waals surface area contributed by atoms with E-state index in [-0.39, 0.29) is 18.2 Å². The molecule has 0 aliphatic carbocycles. The fourth-order valence-corrected chi connectivity index (χ4v) is 1.29. The molecule has 0 aromatic carbocycles. The highest BCUT2D eigenvalue weighted by molar-refractivity contribution is 5.92. The summed E-state index contributed by atoms with van der Waals surface area (Å²) in [4.78, 5) is 22.8. The van der Waals surface area contributed by atoms with Gasteiger partial charge in [0, 0.05) is 12.6 Å². The van der Waals surface area contributed by atoms with Crippen LogP contribution >= 0.6 is 0 Å². The van der Waals surface area contributed by atoms with Crippen molar-refractivity contribution < 1.29 is 14.7 Å². The lowest BCUT2D eigenvalue weighted by atomic mass is 10.0. The molecule has 1 heterocycles. The zero-order valence-electron chi connectivity index (χ0n) is 7.14. The number of hydrogen-bond acceptors (Lipinski definition) is 2. The van der Waals surface area contributed by atoms with Crippen LogP contribution in [0.2, 0.25) is 0 Å². The summed E-state index contributed by atoms with van der Waals surface area (Å²) in [6, 6.07) is -0.285. The smallest absolute Gasteiger partial charge is 0.411 e. The van der Waals surface area contributed by atoms with E-state index in [4.69, 9.17) is 5.11 Å². The van der Waals surface area contributed by atoms with Crippen LogP contribution in [-0.2, 0) is 4.79 Å². The number of rotatable bonds is 2. The average Bonchev–Trinajstić information content (AvgIpc) is 2.04. The van der Waals surface area contributed by atoms with Gasteiger partial charge < -0.3 is 5.11 Å². The van der Waals surface area contributed by atoms with Gasteiger partial charge in [-0.3, -0.25) is 9.69 Å². The summed E-state index contributed by atoms with van der Waals surface area (Å²) in [5.41, 5.74) is 0. The summed E-state index contributed by atoms with van der Waals surface area (Å²) in [7, 11) is 0. The molecule has 1 unspecified atom stereocenters. The third-order valence-corrected chi connectivity index (χ3v) is 1.91. The first-order valence-corrected chi connectivity index (χ1v) is 3.98. The van der Waals surface area contributed by atoms with E-state index < -0.39 is 6.09 Å². The van der Waals surface area contributed by atoms with E-state index >= 15 is 0 Å². The molecule has 1 aliphatic heterocycles. The monoisotopic (exact) mass is 181 g/mol. The molecule has 4 heteroatoms. The van der Waals surface area contributed by atoms with Crippen LogP contribution in [0.15, 0.2) is 24.9 Å². The molecule has 1 atom stereocenters. The Morgan fingerprint density at radius 2 is 2.54 bits per heavy atom. The van der Waals surface area contributed by atoms with Gasteiger partial charge in [-0.05, 0) is 12.5 Å². The molecule has 13 heavy (non-hydrogen) atoms. The first-order valence-electron chi connectivity index (χ1n) is 3.98. The highest BCUT2D eigenvalue weighted by atomic mass is 16.4. The number of allylic oxidation sites excluding steroid dienone is 1. The van der Waals surface area contributed by atoms with Gasteiger partial charge in [0.1, 0.15) is 0 Å². The minimum atomic E-state index is -1.03. The van der Waals surface area contributed by atoms with Crippen molar-refractivity contribution in [3.63, 3.8) is 0 Å². The molecule has 0 saturated carbocycles. The van der Waals surface area contributed by atoms with Crippen molar-refractivity contribution in [2.45, 2.75) is 18.9 Å². The first-order chi connectivity index (χ1) is 6.15. The number of amides is 1. The largest absolute Gasteiger partial charge is 0.465 e. The zero-order valence-corrected chi connectivity index (χ0v) is 7.14. The molecule has 0 fully saturated rings. The van der Waals surface area contributed by atoms with Crippen molar-refractivity contribution in [1.82, 2.24) is 4.90 Å². The number of carbonyl (C=O) groups excluding carboxylic acids is 1. The van der Waals surface area contributed by atoms with E-state index in [1.54, 1.807) is 6.08 Å². The van der Waals surface area contributed by atoms with Crippen LogP contribution < -0.4 is 0 Å². The number of carboxylic acid groups (broad SMARTS) is 1. The first kappa shape index (κ1) is 9.51. The lowest BCUT2D eigenvalue weighted by molar-refractivity contribution is -0.116. The highest BCUT2D eigenvalue weighted by Gasteiger charge is 2.25. The molecule has 4 nitrogen and oxygen atoms in total. The van der Waals surface area contributed by atoms with Crippen molar-refractivity contribution in [2.75, 3.05) is 0 Å². The van der Waals surface area contributed by atoms with Gasteiger partial charge in [-0.2, -0.15) is 0 Å². The van der Waals surface area contributed by atoms with Crippen LogP contribution in [0.5, 0.6) is 0 Å². The Labute approximate surface area is 76.2 Å². The molecule has 0 aromatic heterocycles. The SMILES string of the molecule is C=CCC1CC(=O)C=CN1C(=O)O. The van der Waals surface area contributed by atoms with Gasteiger partial charge in [0.15, 0.2) is 5.78 Å². The molecule has 1 amide bonds. The van der Waals surface area contributed by atoms with Gasteiger partial charge in [-0.25, -0.2) is 4.79 Å². The minimum Gasteiger partial charge on any atom is -0.465 e. The number of carbonyl (C=O) groups is 2. The molecule has 1 N–H and O–H groups in total. The molecule has 1 aliphatic rings. The molecule has 0 spiro atoms. The number of nitrogens with zero attached hydrogens (tertiary/aromatic N) is 1. The second-order valence-corrected chi connectivity index (χ2v) is 2.85. The summed E-state index contributed by atoms with van der Waals surface area (Å²) in [5, 5.41) is 8.75. The summed E-state index contributed by atoms with van der Waals surface area (Å²) in [6.07, 6.45) is 3.93. The van der Waals surface area contributed by atoms with Gasteiger partial charge >= 0.3 is 6.09 Å². The van der Waals surface area contributed by atoms with E-state index in [1.165, 1.54) is 12.3 Å². The molecular formula is C9H11NO3. The Hall–Kier alpha value is -1.58. The average molecular weight is 181 g/mol. The predicted octanol–water partition coefficient (Wildman–Crippen LogP) is 1.40. The van der Waals surface area contributed by atoms with Crippen LogP contribution in [0.1, 0.15) is 12.8 Å². The van der Waals surface area contributed by atoms with Crippen molar-refractivity contribution in [1.29, 1.82) is 0 Å².